The summed E-state index contributed by atoms with van der Waals surface area (Å²) in [6.07, 6.45) is -0.527. The SMILES string of the molecule is CO[C@H]1[C@H](C)[C@@H](O)[C@H](NC(=O)C2(O)CNC2)C[C@@H]1N. The maximum absolute atomic E-state index is 11.9. The second-order valence-electron chi connectivity index (χ2n) is 5.66. The van der Waals surface area contributed by atoms with Crippen molar-refractivity contribution in [1.82, 2.24) is 10.6 Å². The van der Waals surface area contributed by atoms with Gasteiger partial charge >= 0.3 is 0 Å². The highest BCUT2D eigenvalue weighted by Crippen LogP contribution is 2.27. The Labute approximate surface area is 112 Å². The lowest BCUT2D eigenvalue weighted by atomic mass is 9.78. The largest absolute Gasteiger partial charge is 0.391 e. The Balaban J connectivity index is 1.99. The van der Waals surface area contributed by atoms with Gasteiger partial charge in [0.2, 0.25) is 0 Å². The van der Waals surface area contributed by atoms with Gasteiger partial charge in [-0.15, -0.1) is 0 Å². The van der Waals surface area contributed by atoms with E-state index in [1.807, 2.05) is 6.92 Å². The number of nitrogens with two attached hydrogens (primary N) is 1. The van der Waals surface area contributed by atoms with Crippen molar-refractivity contribution in [3.8, 4) is 0 Å². The zero-order valence-corrected chi connectivity index (χ0v) is 11.3. The molecule has 1 saturated heterocycles. The summed E-state index contributed by atoms with van der Waals surface area (Å²) in [4.78, 5) is 11.9. The minimum Gasteiger partial charge on any atom is -0.391 e. The van der Waals surface area contributed by atoms with Crippen molar-refractivity contribution in [2.45, 2.75) is 43.2 Å². The molecule has 19 heavy (non-hydrogen) atoms. The number of ether oxygens (including phenoxy) is 1. The van der Waals surface area contributed by atoms with Gasteiger partial charge in [-0.2, -0.15) is 0 Å². The van der Waals surface area contributed by atoms with Crippen LogP contribution in [0.2, 0.25) is 0 Å². The summed E-state index contributed by atoms with van der Waals surface area (Å²) >= 11 is 0. The number of aliphatic hydroxyl groups is 2. The van der Waals surface area contributed by atoms with E-state index in [-0.39, 0.29) is 31.2 Å². The number of amides is 1. The van der Waals surface area contributed by atoms with Crippen LogP contribution in [0.25, 0.3) is 0 Å². The van der Waals surface area contributed by atoms with Crippen LogP contribution >= 0.6 is 0 Å². The molecule has 0 aromatic rings. The van der Waals surface area contributed by atoms with Crippen LogP contribution in [-0.2, 0) is 9.53 Å². The molecular formula is C12H23N3O4. The van der Waals surface area contributed by atoms with Crippen LogP contribution < -0.4 is 16.4 Å². The van der Waals surface area contributed by atoms with Crippen molar-refractivity contribution in [1.29, 1.82) is 0 Å². The minimum absolute atomic E-state index is 0.173. The number of β-amino-alcohol motifs (C(OH)–C–C–N with tert-alkyl or cyclic N) is 1. The van der Waals surface area contributed by atoms with E-state index in [9.17, 15) is 15.0 Å². The van der Waals surface area contributed by atoms with Crippen molar-refractivity contribution in [3.63, 3.8) is 0 Å². The maximum atomic E-state index is 11.9. The lowest BCUT2D eigenvalue weighted by molar-refractivity contribution is -0.148. The Morgan fingerprint density at radius 3 is 2.63 bits per heavy atom. The number of hydrogen-bond donors (Lipinski definition) is 5. The Morgan fingerprint density at radius 1 is 1.53 bits per heavy atom. The topological polar surface area (TPSA) is 117 Å². The summed E-state index contributed by atoms with van der Waals surface area (Å²) in [5.41, 5.74) is 4.65. The summed E-state index contributed by atoms with van der Waals surface area (Å²) in [7, 11) is 1.56. The smallest absolute Gasteiger partial charge is 0.254 e. The van der Waals surface area contributed by atoms with E-state index >= 15 is 0 Å². The van der Waals surface area contributed by atoms with Gasteiger partial charge in [0.25, 0.3) is 5.91 Å². The Morgan fingerprint density at radius 2 is 2.16 bits per heavy atom. The van der Waals surface area contributed by atoms with Gasteiger partial charge in [0.15, 0.2) is 5.60 Å². The van der Waals surface area contributed by atoms with E-state index in [1.54, 1.807) is 7.11 Å². The van der Waals surface area contributed by atoms with Gasteiger partial charge in [0.1, 0.15) is 0 Å². The number of carbonyl (C=O) groups is 1. The first kappa shape index (κ1) is 14.7. The fourth-order valence-electron chi connectivity index (χ4n) is 2.88. The van der Waals surface area contributed by atoms with Gasteiger partial charge in [0, 0.05) is 32.2 Å². The summed E-state index contributed by atoms with van der Waals surface area (Å²) in [6.45, 7) is 2.32. The number of carbonyl (C=O) groups excluding carboxylic acids is 1. The molecule has 7 heteroatoms. The van der Waals surface area contributed by atoms with E-state index in [4.69, 9.17) is 10.5 Å². The van der Waals surface area contributed by atoms with E-state index < -0.39 is 23.7 Å². The van der Waals surface area contributed by atoms with Gasteiger partial charge in [-0.1, -0.05) is 6.92 Å². The number of nitrogens with one attached hydrogen (secondary N) is 2. The number of rotatable bonds is 3. The van der Waals surface area contributed by atoms with Crippen molar-refractivity contribution in [3.05, 3.63) is 0 Å². The first-order chi connectivity index (χ1) is 8.89. The molecule has 1 aliphatic carbocycles. The predicted molar refractivity (Wildman–Crippen MR) is 68.3 cm³/mol. The third-order valence-electron chi connectivity index (χ3n) is 4.26. The number of aliphatic hydroxyl groups excluding tert-OH is 1. The minimum atomic E-state index is -1.36. The van der Waals surface area contributed by atoms with Crippen LogP contribution in [0, 0.1) is 5.92 Å². The molecule has 1 heterocycles. The first-order valence-electron chi connectivity index (χ1n) is 6.59. The molecule has 7 nitrogen and oxygen atoms in total. The lowest BCUT2D eigenvalue weighted by Crippen LogP contribution is -2.70. The third kappa shape index (κ3) is 2.61. The van der Waals surface area contributed by atoms with Crippen LogP contribution in [0.3, 0.4) is 0 Å². The molecular weight excluding hydrogens is 250 g/mol. The highest BCUT2D eigenvalue weighted by molar-refractivity contribution is 5.86. The molecule has 0 spiro atoms. The molecule has 2 fully saturated rings. The van der Waals surface area contributed by atoms with Crippen LogP contribution in [0.4, 0.5) is 0 Å². The molecule has 1 saturated carbocycles. The van der Waals surface area contributed by atoms with E-state index in [1.165, 1.54) is 0 Å². The van der Waals surface area contributed by atoms with E-state index in [0.717, 1.165) is 0 Å². The normalized spacial score (nSPS) is 41.4. The fourth-order valence-corrected chi connectivity index (χ4v) is 2.88. The molecule has 0 bridgehead atoms. The van der Waals surface area contributed by atoms with Crippen LogP contribution in [0.15, 0.2) is 0 Å². The Hall–Kier alpha value is -0.730. The average Bonchev–Trinajstić information content (AvgIpc) is 2.33. The molecule has 1 aliphatic heterocycles. The molecule has 2 aliphatic rings. The summed E-state index contributed by atoms with van der Waals surface area (Å²) in [5.74, 6) is -0.626. The molecule has 0 aromatic carbocycles. The van der Waals surface area contributed by atoms with Gasteiger partial charge in [0.05, 0.1) is 18.2 Å². The van der Waals surface area contributed by atoms with Crippen molar-refractivity contribution in [2.75, 3.05) is 20.2 Å². The number of methoxy groups -OCH3 is 1. The predicted octanol–water partition coefficient (Wildman–Crippen LogP) is -2.45. The molecule has 0 radical (unpaired) electrons. The van der Waals surface area contributed by atoms with Crippen LogP contribution in [0.5, 0.6) is 0 Å². The fraction of sp³-hybridized carbons (Fsp3) is 0.917. The van der Waals surface area contributed by atoms with Gasteiger partial charge in [-0.25, -0.2) is 0 Å². The van der Waals surface area contributed by atoms with E-state index in [0.29, 0.717) is 6.42 Å². The zero-order chi connectivity index (χ0) is 14.2. The Kier molecular flexibility index (Phi) is 4.12. The number of hydrogen-bond acceptors (Lipinski definition) is 6. The van der Waals surface area contributed by atoms with Gasteiger partial charge < -0.3 is 31.3 Å². The summed E-state index contributed by atoms with van der Waals surface area (Å²) < 4.78 is 5.28. The molecule has 2 rings (SSSR count). The Bertz CT molecular complexity index is 348. The summed E-state index contributed by atoms with van der Waals surface area (Å²) in [6, 6.07) is -0.698. The second kappa shape index (κ2) is 5.34. The molecule has 110 valence electrons. The monoisotopic (exact) mass is 273 g/mol. The van der Waals surface area contributed by atoms with E-state index in [2.05, 4.69) is 10.6 Å². The molecule has 5 atom stereocenters. The second-order valence-corrected chi connectivity index (χ2v) is 5.66. The quantitative estimate of drug-likeness (QED) is 0.390. The average molecular weight is 273 g/mol. The first-order valence-corrected chi connectivity index (χ1v) is 6.59. The van der Waals surface area contributed by atoms with Crippen molar-refractivity contribution < 1.29 is 19.7 Å². The third-order valence-corrected chi connectivity index (χ3v) is 4.26. The standard InChI is InChI=1S/C12H23N3O4/c1-6-9(16)8(3-7(13)10(6)19-2)15-11(17)12(18)4-14-5-12/h6-10,14,16,18H,3-5,13H2,1-2H3,(H,15,17)/t6-,7+,8-,9-,10+/m1/s1. The highest BCUT2D eigenvalue weighted by atomic mass is 16.5. The zero-order valence-electron chi connectivity index (χ0n) is 11.3. The van der Waals surface area contributed by atoms with Crippen molar-refractivity contribution in [2.24, 2.45) is 11.7 Å². The van der Waals surface area contributed by atoms with Gasteiger partial charge in [-0.3, -0.25) is 4.79 Å². The van der Waals surface area contributed by atoms with Gasteiger partial charge in [-0.05, 0) is 6.42 Å². The molecule has 0 aromatic heterocycles. The van der Waals surface area contributed by atoms with Crippen LogP contribution in [0.1, 0.15) is 13.3 Å². The molecule has 0 unspecified atom stereocenters. The van der Waals surface area contributed by atoms with Crippen LogP contribution in [-0.4, -0.2) is 66.2 Å². The highest BCUT2D eigenvalue weighted by Gasteiger charge is 2.46. The maximum Gasteiger partial charge on any atom is 0.254 e. The molecule has 1 amide bonds. The lowest BCUT2D eigenvalue weighted by Gasteiger charge is -2.44. The molecule has 6 N–H and O–H groups in total. The van der Waals surface area contributed by atoms with Crippen molar-refractivity contribution >= 4 is 5.91 Å². The summed E-state index contributed by atoms with van der Waals surface area (Å²) in [5, 5.41) is 25.7.